The summed E-state index contributed by atoms with van der Waals surface area (Å²) in [6, 6.07) is 15.6. The molecule has 7 nitrogen and oxygen atoms in total. The summed E-state index contributed by atoms with van der Waals surface area (Å²) < 4.78 is 1.65. The Kier molecular flexibility index (Phi) is 4.50. The van der Waals surface area contributed by atoms with Gasteiger partial charge in [-0.3, -0.25) is 20.2 Å². The van der Waals surface area contributed by atoms with Gasteiger partial charge in [-0.2, -0.15) is 5.10 Å². The first-order valence-corrected chi connectivity index (χ1v) is 8.68. The number of carbonyl (C=O) groups excluding carboxylic acids is 3. The van der Waals surface area contributed by atoms with Crippen LogP contribution in [0.5, 0.6) is 0 Å². The maximum absolute atomic E-state index is 12.1. The zero-order chi connectivity index (χ0) is 19.7. The first kappa shape index (κ1) is 17.7. The van der Waals surface area contributed by atoms with Gasteiger partial charge in [0.15, 0.2) is 0 Å². The number of benzene rings is 2. The molecule has 2 N–H and O–H groups in total. The minimum atomic E-state index is -0.843. The molecule has 1 aliphatic heterocycles. The number of imide groups is 2. The van der Waals surface area contributed by atoms with Crippen LogP contribution in [0.4, 0.5) is 4.79 Å². The molecule has 138 valence electrons. The zero-order valence-electron chi connectivity index (χ0n) is 14.3. The van der Waals surface area contributed by atoms with E-state index >= 15 is 0 Å². The standard InChI is InChI=1S/C20H13ClN4O3/c21-14-8-6-12(7-9-14)17-13(10-16-18(26)22-20(28)23-19(16)27)11-25(24-17)15-4-2-1-3-5-15/h1-11H,(H2,22,23,26,27,28). The molecular weight excluding hydrogens is 380 g/mol. The predicted octanol–water partition coefficient (Wildman–Crippen LogP) is 2.94. The highest BCUT2D eigenvalue weighted by Crippen LogP contribution is 2.27. The number of rotatable bonds is 3. The quantitative estimate of drug-likeness (QED) is 0.529. The van der Waals surface area contributed by atoms with Crippen LogP contribution in [-0.2, 0) is 9.59 Å². The molecule has 4 rings (SSSR count). The number of hydrogen-bond donors (Lipinski definition) is 2. The van der Waals surface area contributed by atoms with Crippen molar-refractivity contribution in [1.29, 1.82) is 0 Å². The SMILES string of the molecule is O=C1NC(=O)C(=Cc2cn(-c3ccccc3)nc2-c2ccc(Cl)cc2)C(=O)N1. The molecule has 4 amide bonds. The number of carbonyl (C=O) groups is 3. The number of hydrogen-bond acceptors (Lipinski definition) is 4. The number of barbiturate groups is 1. The molecule has 0 radical (unpaired) electrons. The molecule has 28 heavy (non-hydrogen) atoms. The largest absolute Gasteiger partial charge is 0.328 e. The third kappa shape index (κ3) is 3.43. The number of para-hydroxylation sites is 1. The van der Waals surface area contributed by atoms with Gasteiger partial charge >= 0.3 is 6.03 Å². The monoisotopic (exact) mass is 392 g/mol. The Hall–Kier alpha value is -3.71. The summed E-state index contributed by atoms with van der Waals surface area (Å²) in [5, 5.41) is 9.31. The summed E-state index contributed by atoms with van der Waals surface area (Å²) in [5.74, 6) is -1.52. The van der Waals surface area contributed by atoms with Crippen LogP contribution in [0.1, 0.15) is 5.56 Å². The van der Waals surface area contributed by atoms with Gasteiger partial charge in [-0.15, -0.1) is 0 Å². The molecule has 2 aromatic carbocycles. The number of halogens is 1. The van der Waals surface area contributed by atoms with E-state index in [1.54, 1.807) is 35.1 Å². The van der Waals surface area contributed by atoms with Gasteiger partial charge in [0.2, 0.25) is 0 Å². The van der Waals surface area contributed by atoms with E-state index in [1.807, 2.05) is 30.3 Å². The van der Waals surface area contributed by atoms with Gasteiger partial charge in [0.1, 0.15) is 5.57 Å². The van der Waals surface area contributed by atoms with Crippen LogP contribution in [-0.4, -0.2) is 27.6 Å². The highest BCUT2D eigenvalue weighted by atomic mass is 35.5. The van der Waals surface area contributed by atoms with E-state index < -0.39 is 17.8 Å². The van der Waals surface area contributed by atoms with E-state index in [2.05, 4.69) is 15.7 Å². The Balaban J connectivity index is 1.85. The second-order valence-electron chi connectivity index (χ2n) is 6.02. The average Bonchev–Trinajstić information content (AvgIpc) is 3.10. The lowest BCUT2D eigenvalue weighted by Gasteiger charge is -2.13. The molecule has 8 heteroatoms. The Morgan fingerprint density at radius 2 is 1.54 bits per heavy atom. The van der Waals surface area contributed by atoms with Crippen molar-refractivity contribution >= 4 is 35.5 Å². The summed E-state index contributed by atoms with van der Waals surface area (Å²) in [6.45, 7) is 0. The molecule has 1 saturated heterocycles. The molecular formula is C20H13ClN4O3. The number of nitrogens with zero attached hydrogens (tertiary/aromatic N) is 2. The molecule has 3 aromatic rings. The van der Waals surface area contributed by atoms with Gasteiger partial charge in [0.05, 0.1) is 11.4 Å². The second-order valence-corrected chi connectivity index (χ2v) is 6.45. The zero-order valence-corrected chi connectivity index (χ0v) is 15.1. The van der Waals surface area contributed by atoms with Crippen molar-refractivity contribution < 1.29 is 14.4 Å². The van der Waals surface area contributed by atoms with Crippen molar-refractivity contribution in [3.63, 3.8) is 0 Å². The lowest BCUT2D eigenvalue weighted by atomic mass is 10.0. The number of amides is 4. The summed E-state index contributed by atoms with van der Waals surface area (Å²) >= 11 is 5.97. The number of urea groups is 1. The smallest absolute Gasteiger partial charge is 0.273 e. The van der Waals surface area contributed by atoms with Crippen molar-refractivity contribution in [3.05, 3.63) is 77.0 Å². The van der Waals surface area contributed by atoms with Gasteiger partial charge in [-0.25, -0.2) is 9.48 Å². The molecule has 0 saturated carbocycles. The Bertz CT molecular complexity index is 1100. The van der Waals surface area contributed by atoms with Crippen molar-refractivity contribution in [3.8, 4) is 16.9 Å². The summed E-state index contributed by atoms with van der Waals surface area (Å²) in [6.07, 6.45) is 3.12. The highest BCUT2D eigenvalue weighted by molar-refractivity contribution is 6.31. The Labute approximate surface area is 164 Å². The third-order valence-corrected chi connectivity index (χ3v) is 4.38. The van der Waals surface area contributed by atoms with Crippen LogP contribution in [0.3, 0.4) is 0 Å². The minimum Gasteiger partial charge on any atom is -0.273 e. The fraction of sp³-hybridized carbons (Fsp3) is 0. The summed E-state index contributed by atoms with van der Waals surface area (Å²) in [4.78, 5) is 35.4. The Morgan fingerprint density at radius 3 is 2.18 bits per heavy atom. The van der Waals surface area contributed by atoms with Crippen molar-refractivity contribution in [1.82, 2.24) is 20.4 Å². The van der Waals surface area contributed by atoms with Crippen LogP contribution < -0.4 is 10.6 Å². The lowest BCUT2D eigenvalue weighted by Crippen LogP contribution is -2.51. The van der Waals surface area contributed by atoms with Crippen molar-refractivity contribution in [2.75, 3.05) is 0 Å². The van der Waals surface area contributed by atoms with Crippen molar-refractivity contribution in [2.45, 2.75) is 0 Å². The topological polar surface area (TPSA) is 93.1 Å². The van der Waals surface area contributed by atoms with E-state index in [0.29, 0.717) is 16.3 Å². The van der Waals surface area contributed by atoms with Gasteiger partial charge in [-0.05, 0) is 30.3 Å². The van der Waals surface area contributed by atoms with E-state index in [9.17, 15) is 14.4 Å². The molecule has 0 spiro atoms. The predicted molar refractivity (Wildman–Crippen MR) is 104 cm³/mol. The van der Waals surface area contributed by atoms with Gasteiger partial charge in [0.25, 0.3) is 11.8 Å². The molecule has 0 aliphatic carbocycles. The number of nitrogens with one attached hydrogen (secondary N) is 2. The first-order valence-electron chi connectivity index (χ1n) is 8.30. The fourth-order valence-electron chi connectivity index (χ4n) is 2.80. The average molecular weight is 393 g/mol. The molecule has 2 heterocycles. The molecule has 1 fully saturated rings. The van der Waals surface area contributed by atoms with Crippen LogP contribution >= 0.6 is 11.6 Å². The van der Waals surface area contributed by atoms with Crippen LogP contribution in [0.25, 0.3) is 23.0 Å². The van der Waals surface area contributed by atoms with Gasteiger partial charge < -0.3 is 0 Å². The van der Waals surface area contributed by atoms with E-state index in [0.717, 1.165) is 11.3 Å². The van der Waals surface area contributed by atoms with Gasteiger partial charge in [-0.1, -0.05) is 41.9 Å². The maximum Gasteiger partial charge on any atom is 0.328 e. The first-order chi connectivity index (χ1) is 13.5. The van der Waals surface area contributed by atoms with Crippen LogP contribution in [0, 0.1) is 0 Å². The molecule has 1 aromatic heterocycles. The summed E-state index contributed by atoms with van der Waals surface area (Å²) in [7, 11) is 0. The van der Waals surface area contributed by atoms with E-state index in [4.69, 9.17) is 11.6 Å². The highest BCUT2D eigenvalue weighted by Gasteiger charge is 2.28. The third-order valence-electron chi connectivity index (χ3n) is 4.12. The molecule has 0 atom stereocenters. The Morgan fingerprint density at radius 1 is 0.893 bits per heavy atom. The molecule has 0 bridgehead atoms. The van der Waals surface area contributed by atoms with Crippen molar-refractivity contribution in [2.24, 2.45) is 0 Å². The van der Waals surface area contributed by atoms with E-state index in [1.165, 1.54) is 6.08 Å². The normalized spacial score (nSPS) is 13.9. The minimum absolute atomic E-state index is 0.178. The van der Waals surface area contributed by atoms with Crippen LogP contribution in [0.2, 0.25) is 5.02 Å². The van der Waals surface area contributed by atoms with Gasteiger partial charge in [0, 0.05) is 22.3 Å². The molecule has 0 unspecified atom stereocenters. The lowest BCUT2D eigenvalue weighted by molar-refractivity contribution is -0.123. The second kappa shape index (κ2) is 7.13. The number of aromatic nitrogens is 2. The fourth-order valence-corrected chi connectivity index (χ4v) is 2.93. The van der Waals surface area contributed by atoms with Crippen LogP contribution in [0.15, 0.2) is 66.4 Å². The van der Waals surface area contributed by atoms with E-state index in [-0.39, 0.29) is 5.57 Å². The maximum atomic E-state index is 12.1. The summed E-state index contributed by atoms with van der Waals surface area (Å²) in [5.41, 5.74) is 2.50. The molecule has 1 aliphatic rings.